The fourth-order valence-corrected chi connectivity index (χ4v) is 4.59. The first-order valence-corrected chi connectivity index (χ1v) is 8.90. The van der Waals surface area contributed by atoms with E-state index in [1.54, 1.807) is 7.11 Å². The van der Waals surface area contributed by atoms with E-state index < -0.39 is 11.9 Å². The van der Waals surface area contributed by atoms with Crippen molar-refractivity contribution in [2.24, 2.45) is 11.8 Å². The molecule has 6 heteroatoms. The van der Waals surface area contributed by atoms with Crippen LogP contribution in [0.4, 0.5) is 0 Å². The van der Waals surface area contributed by atoms with Crippen LogP contribution in [0.5, 0.6) is 0 Å². The Morgan fingerprint density at radius 3 is 2.52 bits per heavy atom. The number of ether oxygens (including phenoxy) is 1. The van der Waals surface area contributed by atoms with Gasteiger partial charge in [-0.15, -0.1) is 0 Å². The fourth-order valence-electron chi connectivity index (χ4n) is 3.37. The van der Waals surface area contributed by atoms with Crippen molar-refractivity contribution in [1.82, 2.24) is 4.90 Å². The number of methoxy groups -OCH3 is 1. The van der Waals surface area contributed by atoms with Crippen LogP contribution in [-0.4, -0.2) is 59.7 Å². The lowest BCUT2D eigenvalue weighted by Crippen LogP contribution is -2.48. The van der Waals surface area contributed by atoms with Crippen molar-refractivity contribution >= 4 is 23.6 Å². The zero-order chi connectivity index (χ0) is 15.2. The summed E-state index contributed by atoms with van der Waals surface area (Å²) < 4.78 is 5.13. The Bertz CT molecular complexity index is 371. The average molecular weight is 315 g/mol. The lowest BCUT2D eigenvalue weighted by atomic mass is 9.78. The second kappa shape index (κ2) is 8.03. The van der Waals surface area contributed by atoms with Crippen LogP contribution in [0, 0.1) is 11.8 Å². The third-order valence-electron chi connectivity index (χ3n) is 4.57. The van der Waals surface area contributed by atoms with Gasteiger partial charge < -0.3 is 14.7 Å². The molecule has 1 aliphatic heterocycles. The molecular weight excluding hydrogens is 290 g/mol. The predicted molar refractivity (Wildman–Crippen MR) is 82.4 cm³/mol. The van der Waals surface area contributed by atoms with Gasteiger partial charge in [0.1, 0.15) is 0 Å². The Balaban J connectivity index is 2.09. The third-order valence-corrected chi connectivity index (χ3v) is 5.71. The normalized spacial score (nSPS) is 29.3. The van der Waals surface area contributed by atoms with Crippen molar-refractivity contribution in [3.63, 3.8) is 0 Å². The molecule has 2 rings (SSSR count). The van der Waals surface area contributed by atoms with Gasteiger partial charge in [-0.3, -0.25) is 9.59 Å². The molecule has 2 fully saturated rings. The Morgan fingerprint density at radius 2 is 1.95 bits per heavy atom. The van der Waals surface area contributed by atoms with Crippen molar-refractivity contribution in [3.8, 4) is 0 Å². The minimum absolute atomic E-state index is 0.0339. The Morgan fingerprint density at radius 1 is 1.24 bits per heavy atom. The second-order valence-electron chi connectivity index (χ2n) is 5.88. The van der Waals surface area contributed by atoms with Crippen molar-refractivity contribution in [1.29, 1.82) is 0 Å². The maximum atomic E-state index is 12.9. The SMILES string of the molecule is COCCN(C(=O)[C@@H]1CCCC[C@@H]1C(=O)O)C1CCSC1. The van der Waals surface area contributed by atoms with Crippen molar-refractivity contribution in [2.75, 3.05) is 31.8 Å². The highest BCUT2D eigenvalue weighted by Gasteiger charge is 2.39. The van der Waals surface area contributed by atoms with E-state index in [-0.39, 0.29) is 17.9 Å². The van der Waals surface area contributed by atoms with Crippen LogP contribution in [0.15, 0.2) is 0 Å². The lowest BCUT2D eigenvalue weighted by molar-refractivity contribution is -0.153. The van der Waals surface area contributed by atoms with Gasteiger partial charge in [-0.05, 0) is 25.0 Å². The summed E-state index contributed by atoms with van der Waals surface area (Å²) in [5.41, 5.74) is 0. The van der Waals surface area contributed by atoms with E-state index in [4.69, 9.17) is 4.74 Å². The van der Waals surface area contributed by atoms with E-state index in [1.807, 2.05) is 16.7 Å². The fraction of sp³-hybridized carbons (Fsp3) is 0.867. The number of carboxylic acid groups (broad SMARTS) is 1. The molecule has 1 aliphatic carbocycles. The molecule has 0 spiro atoms. The smallest absolute Gasteiger partial charge is 0.307 e. The zero-order valence-corrected chi connectivity index (χ0v) is 13.4. The number of carbonyl (C=O) groups is 2. The first kappa shape index (κ1) is 16.6. The van der Waals surface area contributed by atoms with Gasteiger partial charge in [-0.25, -0.2) is 0 Å². The molecule has 1 N–H and O–H groups in total. The van der Waals surface area contributed by atoms with Crippen LogP contribution in [-0.2, 0) is 14.3 Å². The summed E-state index contributed by atoms with van der Waals surface area (Å²) in [6.45, 7) is 1.08. The third kappa shape index (κ3) is 4.13. The monoisotopic (exact) mass is 315 g/mol. The molecule has 1 saturated carbocycles. The summed E-state index contributed by atoms with van der Waals surface area (Å²) >= 11 is 1.86. The molecule has 21 heavy (non-hydrogen) atoms. The van der Waals surface area contributed by atoms with E-state index in [1.165, 1.54) is 0 Å². The topological polar surface area (TPSA) is 66.8 Å². The molecule has 120 valence electrons. The van der Waals surface area contributed by atoms with Gasteiger partial charge in [0, 0.05) is 25.4 Å². The minimum Gasteiger partial charge on any atom is -0.481 e. The van der Waals surface area contributed by atoms with E-state index in [2.05, 4.69) is 0 Å². The molecular formula is C15H25NO4S. The largest absolute Gasteiger partial charge is 0.481 e. The number of hydrogen-bond acceptors (Lipinski definition) is 4. The highest BCUT2D eigenvalue weighted by Crippen LogP contribution is 2.33. The maximum Gasteiger partial charge on any atom is 0.307 e. The van der Waals surface area contributed by atoms with E-state index in [9.17, 15) is 14.7 Å². The van der Waals surface area contributed by atoms with Gasteiger partial charge in [0.15, 0.2) is 0 Å². The number of rotatable bonds is 6. The van der Waals surface area contributed by atoms with Gasteiger partial charge in [-0.2, -0.15) is 11.8 Å². The van der Waals surface area contributed by atoms with E-state index in [0.717, 1.165) is 30.8 Å². The standard InChI is InChI=1S/C15H25NO4S/c1-20-8-7-16(11-6-9-21-10-11)14(17)12-4-2-3-5-13(12)15(18)19/h11-13H,2-10H2,1H3,(H,18,19)/t11?,12-,13+/m1/s1. The maximum absolute atomic E-state index is 12.9. The predicted octanol–water partition coefficient (Wildman–Crippen LogP) is 1.86. The lowest BCUT2D eigenvalue weighted by Gasteiger charge is -2.35. The van der Waals surface area contributed by atoms with Crippen LogP contribution in [0.25, 0.3) is 0 Å². The number of carbonyl (C=O) groups excluding carboxylic acids is 1. The molecule has 0 aromatic heterocycles. The Labute approximate surface area is 130 Å². The van der Waals surface area contributed by atoms with Crippen molar-refractivity contribution in [2.45, 2.75) is 38.1 Å². The number of thioether (sulfide) groups is 1. The first-order valence-electron chi connectivity index (χ1n) is 7.75. The second-order valence-corrected chi connectivity index (χ2v) is 7.03. The Hall–Kier alpha value is -0.750. The minimum atomic E-state index is -0.819. The quantitative estimate of drug-likeness (QED) is 0.810. The van der Waals surface area contributed by atoms with Crippen LogP contribution in [0.3, 0.4) is 0 Å². The molecule has 1 amide bonds. The molecule has 0 aromatic rings. The number of carboxylic acids is 1. The van der Waals surface area contributed by atoms with Crippen molar-refractivity contribution < 1.29 is 19.4 Å². The Kier molecular flexibility index (Phi) is 6.36. The summed E-state index contributed by atoms with van der Waals surface area (Å²) in [6, 6.07) is 0.244. The summed E-state index contributed by atoms with van der Waals surface area (Å²) in [4.78, 5) is 26.2. The van der Waals surface area contributed by atoms with Gasteiger partial charge >= 0.3 is 5.97 Å². The highest BCUT2D eigenvalue weighted by atomic mass is 32.2. The summed E-state index contributed by atoms with van der Waals surface area (Å²) in [7, 11) is 1.63. The number of aliphatic carboxylic acids is 1. The molecule has 0 bridgehead atoms. The molecule has 0 aromatic carbocycles. The van der Waals surface area contributed by atoms with Crippen LogP contribution < -0.4 is 0 Å². The van der Waals surface area contributed by atoms with E-state index in [0.29, 0.717) is 26.0 Å². The highest BCUT2D eigenvalue weighted by molar-refractivity contribution is 7.99. The summed E-state index contributed by atoms with van der Waals surface area (Å²) in [6.07, 6.45) is 4.21. The van der Waals surface area contributed by atoms with Crippen molar-refractivity contribution in [3.05, 3.63) is 0 Å². The van der Waals surface area contributed by atoms with Gasteiger partial charge in [0.2, 0.25) is 5.91 Å². The number of hydrogen-bond donors (Lipinski definition) is 1. The summed E-state index contributed by atoms with van der Waals surface area (Å²) in [5, 5.41) is 9.38. The molecule has 3 atom stereocenters. The molecule has 2 aliphatic rings. The van der Waals surface area contributed by atoms with Crippen LogP contribution >= 0.6 is 11.8 Å². The van der Waals surface area contributed by atoms with Crippen LogP contribution in [0.2, 0.25) is 0 Å². The molecule has 0 radical (unpaired) electrons. The number of amides is 1. The zero-order valence-electron chi connectivity index (χ0n) is 12.6. The molecule has 1 unspecified atom stereocenters. The first-order chi connectivity index (χ1) is 10.1. The average Bonchev–Trinajstić information content (AvgIpc) is 3.01. The molecule has 1 heterocycles. The van der Waals surface area contributed by atoms with E-state index >= 15 is 0 Å². The van der Waals surface area contributed by atoms with Gasteiger partial charge in [0.25, 0.3) is 0 Å². The summed E-state index contributed by atoms with van der Waals surface area (Å²) in [5.74, 6) is 0.394. The van der Waals surface area contributed by atoms with Gasteiger partial charge in [0.05, 0.1) is 18.4 Å². The van der Waals surface area contributed by atoms with Crippen LogP contribution in [0.1, 0.15) is 32.1 Å². The van der Waals surface area contributed by atoms with Gasteiger partial charge in [-0.1, -0.05) is 12.8 Å². The molecule has 5 nitrogen and oxygen atoms in total. The molecule has 1 saturated heterocycles. The number of nitrogens with zero attached hydrogens (tertiary/aromatic N) is 1.